The minimum Gasteiger partial charge on any atom is -0.481 e. The van der Waals surface area contributed by atoms with Gasteiger partial charge in [-0.1, -0.05) is 6.42 Å². The molecule has 18 heavy (non-hydrogen) atoms. The molecule has 1 aliphatic carbocycles. The zero-order chi connectivity index (χ0) is 13.1. The van der Waals surface area contributed by atoms with E-state index in [1.54, 1.807) is 0 Å². The highest BCUT2D eigenvalue weighted by Crippen LogP contribution is 2.33. The van der Waals surface area contributed by atoms with Crippen LogP contribution in [0, 0.1) is 11.8 Å². The largest absolute Gasteiger partial charge is 0.481 e. The second kappa shape index (κ2) is 5.69. The maximum Gasteiger partial charge on any atom is 0.307 e. The number of carboxylic acid groups (broad SMARTS) is 1. The molecule has 1 heterocycles. The van der Waals surface area contributed by atoms with Crippen LogP contribution >= 0.6 is 0 Å². The molecule has 0 aromatic carbocycles. The molecule has 1 N–H and O–H groups in total. The average molecular weight is 254 g/mol. The number of hydrogen-bond donors (Lipinski definition) is 1. The van der Waals surface area contributed by atoms with Crippen LogP contribution in [0.1, 0.15) is 25.7 Å². The van der Waals surface area contributed by atoms with Crippen molar-refractivity contribution in [1.82, 2.24) is 9.80 Å². The Bertz CT molecular complexity index is 332. The van der Waals surface area contributed by atoms with Gasteiger partial charge in [-0.2, -0.15) is 0 Å². The number of aliphatic carboxylic acids is 1. The van der Waals surface area contributed by atoms with Gasteiger partial charge in [0.2, 0.25) is 5.91 Å². The molecule has 1 saturated carbocycles. The first-order chi connectivity index (χ1) is 8.59. The Morgan fingerprint density at radius 2 is 1.72 bits per heavy atom. The van der Waals surface area contributed by atoms with Crippen molar-refractivity contribution in [3.8, 4) is 0 Å². The number of amides is 1. The maximum absolute atomic E-state index is 12.4. The summed E-state index contributed by atoms with van der Waals surface area (Å²) in [6, 6.07) is 0. The first kappa shape index (κ1) is 13.3. The van der Waals surface area contributed by atoms with E-state index in [-0.39, 0.29) is 11.8 Å². The summed E-state index contributed by atoms with van der Waals surface area (Å²) >= 11 is 0. The zero-order valence-corrected chi connectivity index (χ0v) is 11.0. The monoisotopic (exact) mass is 254 g/mol. The van der Waals surface area contributed by atoms with E-state index in [1.807, 2.05) is 4.90 Å². The van der Waals surface area contributed by atoms with Gasteiger partial charge in [0.15, 0.2) is 0 Å². The minimum atomic E-state index is -0.808. The number of rotatable bonds is 2. The van der Waals surface area contributed by atoms with E-state index in [1.165, 1.54) is 0 Å². The summed E-state index contributed by atoms with van der Waals surface area (Å²) < 4.78 is 0. The predicted molar refractivity (Wildman–Crippen MR) is 67.2 cm³/mol. The van der Waals surface area contributed by atoms with E-state index < -0.39 is 11.9 Å². The predicted octanol–water partition coefficient (Wildman–Crippen LogP) is 0.651. The Morgan fingerprint density at radius 3 is 2.44 bits per heavy atom. The van der Waals surface area contributed by atoms with Crippen LogP contribution in [0.2, 0.25) is 0 Å². The van der Waals surface area contributed by atoms with Gasteiger partial charge in [-0.25, -0.2) is 0 Å². The Hall–Kier alpha value is -1.10. The van der Waals surface area contributed by atoms with Gasteiger partial charge in [0, 0.05) is 19.6 Å². The summed E-state index contributed by atoms with van der Waals surface area (Å²) in [5, 5.41) is 9.15. The molecule has 5 heteroatoms. The first-order valence-electron chi connectivity index (χ1n) is 6.79. The van der Waals surface area contributed by atoms with Crippen molar-refractivity contribution >= 4 is 11.9 Å². The molecule has 0 bridgehead atoms. The lowest BCUT2D eigenvalue weighted by Gasteiger charge is -2.25. The van der Waals surface area contributed by atoms with Crippen molar-refractivity contribution in [3.63, 3.8) is 0 Å². The normalized spacial score (nSPS) is 30.2. The Balaban J connectivity index is 1.99. The lowest BCUT2D eigenvalue weighted by Crippen LogP contribution is -2.41. The number of hydrogen-bond acceptors (Lipinski definition) is 3. The van der Waals surface area contributed by atoms with E-state index in [2.05, 4.69) is 11.9 Å². The van der Waals surface area contributed by atoms with E-state index in [0.717, 1.165) is 45.4 Å². The number of likely N-dealkylation sites (N-methyl/N-ethyl adjacent to an activating group) is 1. The molecule has 1 saturated heterocycles. The molecule has 0 spiro atoms. The smallest absolute Gasteiger partial charge is 0.307 e. The second-order valence-electron chi connectivity index (χ2n) is 5.46. The Morgan fingerprint density at radius 1 is 1.00 bits per heavy atom. The lowest BCUT2D eigenvalue weighted by molar-refractivity contribution is -0.149. The topological polar surface area (TPSA) is 60.9 Å². The number of carboxylic acids is 1. The van der Waals surface area contributed by atoms with Gasteiger partial charge in [-0.15, -0.1) is 0 Å². The quantitative estimate of drug-likeness (QED) is 0.786. The molecule has 2 aliphatic rings. The summed E-state index contributed by atoms with van der Waals surface area (Å²) in [4.78, 5) is 27.6. The summed E-state index contributed by atoms with van der Waals surface area (Å²) in [6.07, 6.45) is 3.23. The zero-order valence-electron chi connectivity index (χ0n) is 11.0. The molecule has 5 nitrogen and oxygen atoms in total. The summed E-state index contributed by atoms with van der Waals surface area (Å²) in [5.74, 6) is -1.49. The maximum atomic E-state index is 12.4. The van der Waals surface area contributed by atoms with Crippen molar-refractivity contribution in [3.05, 3.63) is 0 Å². The van der Waals surface area contributed by atoms with Gasteiger partial charge in [0.05, 0.1) is 11.8 Å². The average Bonchev–Trinajstić information content (AvgIpc) is 2.72. The third-order valence-corrected chi connectivity index (χ3v) is 4.18. The third kappa shape index (κ3) is 2.83. The van der Waals surface area contributed by atoms with Crippen molar-refractivity contribution in [2.45, 2.75) is 25.7 Å². The molecule has 0 aromatic heterocycles. The van der Waals surface area contributed by atoms with Crippen LogP contribution in [-0.2, 0) is 9.59 Å². The van der Waals surface area contributed by atoms with Gasteiger partial charge in [-0.3, -0.25) is 9.59 Å². The fourth-order valence-electron chi connectivity index (χ4n) is 3.05. The highest BCUT2D eigenvalue weighted by atomic mass is 16.4. The molecule has 2 rings (SSSR count). The van der Waals surface area contributed by atoms with E-state index in [9.17, 15) is 9.59 Å². The molecule has 0 radical (unpaired) electrons. The van der Waals surface area contributed by atoms with Gasteiger partial charge in [0.1, 0.15) is 0 Å². The molecule has 1 amide bonds. The van der Waals surface area contributed by atoms with Crippen LogP contribution in [0.15, 0.2) is 0 Å². The molecule has 102 valence electrons. The number of carbonyl (C=O) groups is 2. The van der Waals surface area contributed by atoms with Gasteiger partial charge < -0.3 is 14.9 Å². The molecule has 0 unspecified atom stereocenters. The lowest BCUT2D eigenvalue weighted by atomic mass is 9.94. The molecule has 2 atom stereocenters. The highest BCUT2D eigenvalue weighted by Gasteiger charge is 2.39. The van der Waals surface area contributed by atoms with Crippen LogP contribution in [-0.4, -0.2) is 60.0 Å². The third-order valence-electron chi connectivity index (χ3n) is 4.18. The number of nitrogens with zero attached hydrogens (tertiary/aromatic N) is 2. The molecule has 2 fully saturated rings. The summed E-state index contributed by atoms with van der Waals surface area (Å²) in [6.45, 7) is 3.40. The van der Waals surface area contributed by atoms with Crippen molar-refractivity contribution in [2.24, 2.45) is 11.8 Å². The highest BCUT2D eigenvalue weighted by molar-refractivity contribution is 5.85. The SMILES string of the molecule is CN1CCCN(C(=O)[C@@H]2CCC[C@@H]2C(=O)O)CC1. The van der Waals surface area contributed by atoms with E-state index in [0.29, 0.717) is 6.42 Å². The van der Waals surface area contributed by atoms with Gasteiger partial charge in [-0.05, 0) is 32.9 Å². The Kier molecular flexibility index (Phi) is 4.22. The van der Waals surface area contributed by atoms with Crippen LogP contribution in [0.5, 0.6) is 0 Å². The van der Waals surface area contributed by atoms with Crippen molar-refractivity contribution in [2.75, 3.05) is 33.2 Å². The fraction of sp³-hybridized carbons (Fsp3) is 0.846. The molecule has 0 aromatic rings. The minimum absolute atomic E-state index is 0.0650. The summed E-state index contributed by atoms with van der Waals surface area (Å²) in [7, 11) is 2.06. The van der Waals surface area contributed by atoms with Crippen LogP contribution < -0.4 is 0 Å². The van der Waals surface area contributed by atoms with Crippen molar-refractivity contribution in [1.29, 1.82) is 0 Å². The van der Waals surface area contributed by atoms with E-state index >= 15 is 0 Å². The van der Waals surface area contributed by atoms with Gasteiger partial charge in [0.25, 0.3) is 0 Å². The second-order valence-corrected chi connectivity index (χ2v) is 5.46. The van der Waals surface area contributed by atoms with Crippen molar-refractivity contribution < 1.29 is 14.7 Å². The molecular formula is C13H22N2O3. The van der Waals surface area contributed by atoms with Crippen LogP contribution in [0.3, 0.4) is 0 Å². The summed E-state index contributed by atoms with van der Waals surface area (Å²) in [5.41, 5.74) is 0. The molecule has 1 aliphatic heterocycles. The number of carbonyl (C=O) groups excluding carboxylic acids is 1. The van der Waals surface area contributed by atoms with Gasteiger partial charge >= 0.3 is 5.97 Å². The fourth-order valence-corrected chi connectivity index (χ4v) is 3.05. The van der Waals surface area contributed by atoms with Crippen LogP contribution in [0.4, 0.5) is 0 Å². The standard InChI is InChI=1S/C13H22N2O3/c1-14-6-3-7-15(9-8-14)12(16)10-4-2-5-11(10)13(17)18/h10-11H,2-9H2,1H3,(H,17,18)/t10-,11+/m1/s1. The Labute approximate surface area is 108 Å². The van der Waals surface area contributed by atoms with E-state index in [4.69, 9.17) is 5.11 Å². The van der Waals surface area contributed by atoms with Crippen LogP contribution in [0.25, 0.3) is 0 Å². The first-order valence-corrected chi connectivity index (χ1v) is 6.79. The molecular weight excluding hydrogens is 232 g/mol.